The van der Waals surface area contributed by atoms with Crippen LogP contribution in [0.2, 0.25) is 0 Å². The topological polar surface area (TPSA) is 59.6 Å². The number of hydrogen-bond acceptors (Lipinski definition) is 4. The van der Waals surface area contributed by atoms with Gasteiger partial charge in [-0.3, -0.25) is 10.1 Å². The Morgan fingerprint density at radius 1 is 1.08 bits per heavy atom. The van der Waals surface area contributed by atoms with E-state index < -0.39 is 0 Å². The minimum atomic E-state index is -0.354. The number of aryl methyl sites for hydroxylation is 1. The number of nitrogens with one attached hydrogen (secondary N) is 2. The van der Waals surface area contributed by atoms with E-state index in [1.165, 1.54) is 14.2 Å². The van der Waals surface area contributed by atoms with Gasteiger partial charge in [-0.2, -0.15) is 0 Å². The summed E-state index contributed by atoms with van der Waals surface area (Å²) in [6.07, 6.45) is 0. The highest BCUT2D eigenvalue weighted by Gasteiger charge is 2.12. The lowest BCUT2D eigenvalue weighted by Gasteiger charge is -2.12. The molecular weight excluding hydrogens is 392 g/mol. The molecule has 0 aliphatic rings. The SMILES string of the molecule is COc1cc(OC)cc(C(=O)NC(=S)Nc2ccc(C)cc2Br)c1. The first kappa shape index (κ1) is 18.2. The smallest absolute Gasteiger partial charge is 0.257 e. The zero-order chi connectivity index (χ0) is 17.7. The fraction of sp³-hybridized carbons (Fsp3) is 0.176. The highest BCUT2D eigenvalue weighted by molar-refractivity contribution is 9.10. The number of benzene rings is 2. The van der Waals surface area contributed by atoms with Crippen LogP contribution in [0.4, 0.5) is 5.69 Å². The van der Waals surface area contributed by atoms with Gasteiger partial charge in [-0.15, -0.1) is 0 Å². The maximum atomic E-state index is 12.4. The van der Waals surface area contributed by atoms with Crippen LogP contribution in [0.3, 0.4) is 0 Å². The van der Waals surface area contributed by atoms with Crippen molar-refractivity contribution >= 4 is 44.9 Å². The molecule has 0 aromatic heterocycles. The molecule has 0 radical (unpaired) electrons. The number of carbonyl (C=O) groups excluding carboxylic acids is 1. The summed E-state index contributed by atoms with van der Waals surface area (Å²) in [5.74, 6) is 0.701. The van der Waals surface area contributed by atoms with Gasteiger partial charge in [0.2, 0.25) is 0 Å². The van der Waals surface area contributed by atoms with Crippen LogP contribution < -0.4 is 20.1 Å². The molecular formula is C17H17BrN2O3S. The molecule has 126 valence electrons. The summed E-state index contributed by atoms with van der Waals surface area (Å²) in [7, 11) is 3.05. The van der Waals surface area contributed by atoms with Gasteiger partial charge in [0.05, 0.1) is 19.9 Å². The number of rotatable bonds is 4. The summed E-state index contributed by atoms with van der Waals surface area (Å²) >= 11 is 8.66. The van der Waals surface area contributed by atoms with Gasteiger partial charge in [0, 0.05) is 16.1 Å². The molecule has 2 aromatic carbocycles. The molecule has 24 heavy (non-hydrogen) atoms. The molecule has 0 spiro atoms. The first-order chi connectivity index (χ1) is 11.4. The molecule has 1 amide bonds. The molecule has 0 atom stereocenters. The van der Waals surface area contributed by atoms with Crippen LogP contribution in [-0.4, -0.2) is 25.2 Å². The van der Waals surface area contributed by atoms with Crippen LogP contribution in [0.25, 0.3) is 0 Å². The fourth-order valence-corrected chi connectivity index (χ4v) is 2.78. The minimum absolute atomic E-state index is 0.200. The predicted molar refractivity (Wildman–Crippen MR) is 102 cm³/mol. The first-order valence-electron chi connectivity index (χ1n) is 7.04. The average molecular weight is 409 g/mol. The summed E-state index contributed by atoms with van der Waals surface area (Å²) in [6.45, 7) is 1.99. The van der Waals surface area contributed by atoms with Gasteiger partial charge >= 0.3 is 0 Å². The summed E-state index contributed by atoms with van der Waals surface area (Å²) in [6, 6.07) is 10.7. The van der Waals surface area contributed by atoms with Crippen LogP contribution in [-0.2, 0) is 0 Å². The van der Waals surface area contributed by atoms with Crippen LogP contribution in [0.1, 0.15) is 15.9 Å². The second kappa shape index (κ2) is 8.12. The molecule has 7 heteroatoms. The van der Waals surface area contributed by atoms with Gasteiger partial charge < -0.3 is 14.8 Å². The summed E-state index contributed by atoms with van der Waals surface area (Å²) in [4.78, 5) is 12.4. The lowest BCUT2D eigenvalue weighted by Crippen LogP contribution is -2.34. The maximum Gasteiger partial charge on any atom is 0.257 e. The van der Waals surface area contributed by atoms with Crippen molar-refractivity contribution in [2.45, 2.75) is 6.92 Å². The Bertz CT molecular complexity index is 758. The lowest BCUT2D eigenvalue weighted by atomic mass is 10.2. The monoisotopic (exact) mass is 408 g/mol. The fourth-order valence-electron chi connectivity index (χ4n) is 1.99. The molecule has 0 heterocycles. The van der Waals surface area contributed by atoms with E-state index in [1.54, 1.807) is 18.2 Å². The molecule has 0 unspecified atom stereocenters. The van der Waals surface area contributed by atoms with E-state index in [2.05, 4.69) is 26.6 Å². The number of halogens is 1. The van der Waals surface area contributed by atoms with Gasteiger partial charge in [-0.25, -0.2) is 0 Å². The van der Waals surface area contributed by atoms with Crippen LogP contribution in [0.5, 0.6) is 11.5 Å². The second-order valence-corrected chi connectivity index (χ2v) is 6.26. The zero-order valence-corrected chi connectivity index (χ0v) is 15.9. The summed E-state index contributed by atoms with van der Waals surface area (Å²) < 4.78 is 11.2. The lowest BCUT2D eigenvalue weighted by molar-refractivity contribution is 0.0977. The maximum absolute atomic E-state index is 12.4. The molecule has 2 rings (SSSR count). The number of amides is 1. The van der Waals surface area contributed by atoms with E-state index in [4.69, 9.17) is 21.7 Å². The quantitative estimate of drug-likeness (QED) is 0.751. The largest absolute Gasteiger partial charge is 0.497 e. The van der Waals surface area contributed by atoms with Crippen molar-refractivity contribution in [1.82, 2.24) is 5.32 Å². The van der Waals surface area contributed by atoms with E-state index >= 15 is 0 Å². The second-order valence-electron chi connectivity index (χ2n) is 4.99. The van der Waals surface area contributed by atoms with Crippen LogP contribution >= 0.6 is 28.1 Å². The Hall–Kier alpha value is -2.12. The van der Waals surface area contributed by atoms with Crippen molar-refractivity contribution in [3.05, 3.63) is 52.0 Å². The van der Waals surface area contributed by atoms with E-state index in [0.717, 1.165) is 15.7 Å². The van der Waals surface area contributed by atoms with Crippen LogP contribution in [0.15, 0.2) is 40.9 Å². The molecule has 0 bridgehead atoms. The van der Waals surface area contributed by atoms with Gasteiger partial charge in [-0.05, 0) is 64.9 Å². The van der Waals surface area contributed by atoms with E-state index in [1.807, 2.05) is 25.1 Å². The number of thiocarbonyl (C=S) groups is 1. The zero-order valence-electron chi connectivity index (χ0n) is 13.5. The molecule has 0 aliphatic heterocycles. The molecule has 2 aromatic rings. The van der Waals surface area contributed by atoms with E-state index in [-0.39, 0.29) is 11.0 Å². The van der Waals surface area contributed by atoms with Gasteiger partial charge in [-0.1, -0.05) is 6.07 Å². The number of anilines is 1. The predicted octanol–water partition coefficient (Wildman–Crippen LogP) is 3.90. The Morgan fingerprint density at radius 2 is 1.71 bits per heavy atom. The molecule has 0 aliphatic carbocycles. The third-order valence-corrected chi connectivity index (χ3v) is 4.07. The third kappa shape index (κ3) is 4.69. The number of hydrogen-bond donors (Lipinski definition) is 2. The normalized spacial score (nSPS) is 10.0. The standard InChI is InChI=1S/C17H17BrN2O3S/c1-10-4-5-15(14(18)6-10)19-17(24)20-16(21)11-7-12(22-2)9-13(8-11)23-3/h4-9H,1-3H3,(H2,19,20,21,24). The van der Waals surface area contributed by atoms with Gasteiger partial charge in [0.1, 0.15) is 11.5 Å². The average Bonchev–Trinajstić information content (AvgIpc) is 2.56. The van der Waals surface area contributed by atoms with Crippen molar-refractivity contribution in [2.75, 3.05) is 19.5 Å². The van der Waals surface area contributed by atoms with Crippen molar-refractivity contribution < 1.29 is 14.3 Å². The molecule has 5 nitrogen and oxygen atoms in total. The number of carbonyl (C=O) groups is 1. The Morgan fingerprint density at radius 3 is 2.25 bits per heavy atom. The Kier molecular flexibility index (Phi) is 6.16. The highest BCUT2D eigenvalue weighted by atomic mass is 79.9. The third-order valence-electron chi connectivity index (χ3n) is 3.21. The van der Waals surface area contributed by atoms with Gasteiger partial charge in [0.25, 0.3) is 5.91 Å². The van der Waals surface area contributed by atoms with Crippen molar-refractivity contribution in [1.29, 1.82) is 0 Å². The Labute approximate surface area is 154 Å². The highest BCUT2D eigenvalue weighted by Crippen LogP contribution is 2.24. The molecule has 0 fully saturated rings. The van der Waals surface area contributed by atoms with Crippen molar-refractivity contribution in [3.8, 4) is 11.5 Å². The van der Waals surface area contributed by atoms with Crippen LogP contribution in [0, 0.1) is 6.92 Å². The molecule has 0 saturated heterocycles. The molecule has 2 N–H and O–H groups in total. The van der Waals surface area contributed by atoms with Gasteiger partial charge in [0.15, 0.2) is 5.11 Å². The Balaban J connectivity index is 2.10. The van der Waals surface area contributed by atoms with E-state index in [0.29, 0.717) is 17.1 Å². The van der Waals surface area contributed by atoms with E-state index in [9.17, 15) is 4.79 Å². The summed E-state index contributed by atoms with van der Waals surface area (Å²) in [5, 5.41) is 5.82. The van der Waals surface area contributed by atoms with Crippen molar-refractivity contribution in [3.63, 3.8) is 0 Å². The number of methoxy groups -OCH3 is 2. The summed E-state index contributed by atoms with van der Waals surface area (Å²) in [5.41, 5.74) is 2.28. The molecule has 0 saturated carbocycles. The first-order valence-corrected chi connectivity index (χ1v) is 8.24. The number of ether oxygens (including phenoxy) is 2. The minimum Gasteiger partial charge on any atom is -0.497 e. The van der Waals surface area contributed by atoms with Crippen molar-refractivity contribution in [2.24, 2.45) is 0 Å².